The second kappa shape index (κ2) is 13.3. The van der Waals surface area contributed by atoms with Crippen molar-refractivity contribution < 1.29 is 13.2 Å². The summed E-state index contributed by atoms with van der Waals surface area (Å²) in [4.78, 5) is 4.39. The summed E-state index contributed by atoms with van der Waals surface area (Å²) in [7, 11) is -0.280. The quantitative estimate of drug-likeness (QED) is 0.204. The number of sulfonamides is 1. The van der Waals surface area contributed by atoms with E-state index in [9.17, 15) is 8.42 Å². The number of unbranched alkanes of at least 4 members (excludes halogenated alkanes) is 1. The van der Waals surface area contributed by atoms with Crippen molar-refractivity contribution in [3.05, 3.63) is 29.8 Å². The van der Waals surface area contributed by atoms with Gasteiger partial charge in [0.1, 0.15) is 0 Å². The molecule has 0 atom stereocenters. The molecule has 1 aromatic rings. The third-order valence-electron chi connectivity index (χ3n) is 3.31. The number of nitrogens with one attached hydrogen (secondary N) is 3. The van der Waals surface area contributed by atoms with Gasteiger partial charge in [0, 0.05) is 33.8 Å². The molecule has 0 aliphatic heterocycles. The first-order chi connectivity index (χ1) is 11.5. The molecule has 0 amide bonds. The van der Waals surface area contributed by atoms with Gasteiger partial charge in [0.25, 0.3) is 0 Å². The summed E-state index contributed by atoms with van der Waals surface area (Å²) in [5.74, 6) is 0.704. The van der Waals surface area contributed by atoms with E-state index in [0.29, 0.717) is 19.1 Å². The molecular formula is C16H29IN4O3S. The summed E-state index contributed by atoms with van der Waals surface area (Å²) in [6.07, 6.45) is 2.18. The molecular weight excluding hydrogens is 455 g/mol. The van der Waals surface area contributed by atoms with Crippen molar-refractivity contribution >= 4 is 40.0 Å². The van der Waals surface area contributed by atoms with Gasteiger partial charge in [-0.1, -0.05) is 25.5 Å². The predicted molar refractivity (Wildman–Crippen MR) is 112 cm³/mol. The van der Waals surface area contributed by atoms with Crippen LogP contribution >= 0.6 is 24.0 Å². The lowest BCUT2D eigenvalue weighted by atomic mass is 10.2. The molecule has 0 aliphatic carbocycles. The van der Waals surface area contributed by atoms with Crippen LogP contribution in [0.25, 0.3) is 0 Å². The standard InChI is InChI=1S/C16H28N4O3S.HI/c1-4-5-9-18-16(17-2)19-13-14-7-6-8-15(12-14)24(21,22)20-10-11-23-3;/h6-8,12,20H,4-5,9-11,13H2,1-3H3,(H2,17,18,19);1H. The average molecular weight is 484 g/mol. The van der Waals surface area contributed by atoms with E-state index < -0.39 is 10.0 Å². The van der Waals surface area contributed by atoms with Gasteiger partial charge in [-0.2, -0.15) is 0 Å². The zero-order chi connectivity index (χ0) is 17.8. The number of guanidine groups is 1. The van der Waals surface area contributed by atoms with E-state index in [0.717, 1.165) is 24.9 Å². The molecule has 1 rings (SSSR count). The van der Waals surface area contributed by atoms with Crippen molar-refractivity contribution in [3.63, 3.8) is 0 Å². The fourth-order valence-corrected chi connectivity index (χ4v) is 3.06. The van der Waals surface area contributed by atoms with Gasteiger partial charge in [0.05, 0.1) is 11.5 Å². The zero-order valence-corrected chi connectivity index (χ0v) is 18.2. The zero-order valence-electron chi connectivity index (χ0n) is 15.0. The SMILES string of the molecule is CCCCNC(=NC)NCc1cccc(S(=O)(=O)NCCOC)c1.I. The van der Waals surface area contributed by atoms with Gasteiger partial charge in [-0.3, -0.25) is 4.99 Å². The minimum absolute atomic E-state index is 0. The highest BCUT2D eigenvalue weighted by molar-refractivity contribution is 14.0. The van der Waals surface area contributed by atoms with Crippen LogP contribution in [-0.2, 0) is 21.3 Å². The summed E-state index contributed by atoms with van der Waals surface area (Å²) in [6.45, 7) is 4.06. The van der Waals surface area contributed by atoms with Crippen LogP contribution < -0.4 is 15.4 Å². The summed E-state index contributed by atoms with van der Waals surface area (Å²) in [6, 6.07) is 6.84. The van der Waals surface area contributed by atoms with E-state index in [1.165, 1.54) is 7.11 Å². The molecule has 0 aliphatic rings. The molecule has 0 fully saturated rings. The Bertz CT molecular complexity index is 624. The first-order valence-corrected chi connectivity index (χ1v) is 9.54. The Morgan fingerprint density at radius 2 is 2.00 bits per heavy atom. The lowest BCUT2D eigenvalue weighted by molar-refractivity contribution is 0.204. The lowest BCUT2D eigenvalue weighted by Gasteiger charge is -2.12. The second-order valence-corrected chi connectivity index (χ2v) is 7.01. The molecule has 0 unspecified atom stereocenters. The van der Waals surface area contributed by atoms with E-state index in [1.54, 1.807) is 25.2 Å². The Morgan fingerprint density at radius 3 is 2.64 bits per heavy atom. The second-order valence-electron chi connectivity index (χ2n) is 5.24. The molecule has 9 heteroatoms. The maximum absolute atomic E-state index is 12.2. The maximum Gasteiger partial charge on any atom is 0.240 e. The smallest absolute Gasteiger partial charge is 0.240 e. The number of hydrogen-bond donors (Lipinski definition) is 3. The molecule has 0 radical (unpaired) electrons. The topological polar surface area (TPSA) is 91.8 Å². The van der Waals surface area contributed by atoms with Gasteiger partial charge >= 0.3 is 0 Å². The Labute approximate surface area is 168 Å². The molecule has 0 saturated heterocycles. The van der Waals surface area contributed by atoms with Crippen LogP contribution in [0.4, 0.5) is 0 Å². The highest BCUT2D eigenvalue weighted by Crippen LogP contribution is 2.11. The van der Waals surface area contributed by atoms with Crippen molar-refractivity contribution in [1.82, 2.24) is 15.4 Å². The highest BCUT2D eigenvalue weighted by Gasteiger charge is 2.13. The van der Waals surface area contributed by atoms with E-state index in [-0.39, 0.29) is 35.4 Å². The molecule has 7 nitrogen and oxygen atoms in total. The molecule has 25 heavy (non-hydrogen) atoms. The minimum Gasteiger partial charge on any atom is -0.383 e. The Kier molecular flexibility index (Phi) is 12.8. The van der Waals surface area contributed by atoms with Crippen LogP contribution in [-0.4, -0.2) is 48.2 Å². The van der Waals surface area contributed by atoms with Crippen LogP contribution in [0.2, 0.25) is 0 Å². The van der Waals surface area contributed by atoms with Crippen molar-refractivity contribution in [2.75, 3.05) is 33.9 Å². The first-order valence-electron chi connectivity index (χ1n) is 8.05. The van der Waals surface area contributed by atoms with Gasteiger partial charge in [0.15, 0.2) is 5.96 Å². The molecule has 0 heterocycles. The number of aliphatic imine (C=N–C) groups is 1. The number of ether oxygens (including phenoxy) is 1. The fourth-order valence-electron chi connectivity index (χ4n) is 1.97. The first kappa shape index (κ1) is 24.1. The highest BCUT2D eigenvalue weighted by atomic mass is 127. The molecule has 0 bridgehead atoms. The molecule has 0 spiro atoms. The molecule has 0 saturated carbocycles. The fraction of sp³-hybridized carbons (Fsp3) is 0.562. The van der Waals surface area contributed by atoms with Gasteiger partial charge in [-0.05, 0) is 24.1 Å². The van der Waals surface area contributed by atoms with E-state index in [1.807, 2.05) is 6.07 Å². The number of methoxy groups -OCH3 is 1. The van der Waals surface area contributed by atoms with E-state index in [2.05, 4.69) is 27.3 Å². The Balaban J connectivity index is 0.00000576. The number of rotatable bonds is 10. The van der Waals surface area contributed by atoms with Gasteiger partial charge < -0.3 is 15.4 Å². The molecule has 1 aromatic carbocycles. The summed E-state index contributed by atoms with van der Waals surface area (Å²) >= 11 is 0. The largest absolute Gasteiger partial charge is 0.383 e. The van der Waals surface area contributed by atoms with Gasteiger partial charge in [-0.15, -0.1) is 24.0 Å². The molecule has 3 N–H and O–H groups in total. The number of halogens is 1. The van der Waals surface area contributed by atoms with Crippen molar-refractivity contribution in [2.45, 2.75) is 31.2 Å². The van der Waals surface area contributed by atoms with E-state index in [4.69, 9.17) is 4.74 Å². The number of hydrogen-bond acceptors (Lipinski definition) is 4. The summed E-state index contributed by atoms with van der Waals surface area (Å²) in [5.41, 5.74) is 0.864. The maximum atomic E-state index is 12.2. The molecule has 144 valence electrons. The van der Waals surface area contributed by atoms with Crippen LogP contribution in [0.5, 0.6) is 0 Å². The van der Waals surface area contributed by atoms with Gasteiger partial charge in [-0.25, -0.2) is 13.1 Å². The predicted octanol–water partition coefficient (Wildman–Crippen LogP) is 1.69. The monoisotopic (exact) mass is 484 g/mol. The minimum atomic E-state index is -3.52. The summed E-state index contributed by atoms with van der Waals surface area (Å²) in [5, 5.41) is 6.39. The van der Waals surface area contributed by atoms with Crippen molar-refractivity contribution in [1.29, 1.82) is 0 Å². The summed E-state index contributed by atoms with van der Waals surface area (Å²) < 4.78 is 31.8. The van der Waals surface area contributed by atoms with Crippen molar-refractivity contribution in [2.24, 2.45) is 4.99 Å². The Morgan fingerprint density at radius 1 is 1.24 bits per heavy atom. The van der Waals surface area contributed by atoms with Crippen molar-refractivity contribution in [3.8, 4) is 0 Å². The number of nitrogens with zero attached hydrogens (tertiary/aromatic N) is 1. The average Bonchev–Trinajstić information content (AvgIpc) is 2.58. The molecule has 0 aromatic heterocycles. The third-order valence-corrected chi connectivity index (χ3v) is 4.77. The van der Waals surface area contributed by atoms with Crippen LogP contribution in [0.15, 0.2) is 34.2 Å². The van der Waals surface area contributed by atoms with E-state index >= 15 is 0 Å². The third kappa shape index (κ3) is 9.38. The number of benzene rings is 1. The lowest BCUT2D eigenvalue weighted by Crippen LogP contribution is -2.37. The van der Waals surface area contributed by atoms with Gasteiger partial charge in [0.2, 0.25) is 10.0 Å². The van der Waals surface area contributed by atoms with Crippen LogP contribution in [0.3, 0.4) is 0 Å². The van der Waals surface area contributed by atoms with Crippen LogP contribution in [0, 0.1) is 0 Å². The normalized spacial score (nSPS) is 11.7. The Hall–Kier alpha value is -0.910. The van der Waals surface area contributed by atoms with Crippen LogP contribution in [0.1, 0.15) is 25.3 Å².